The van der Waals surface area contributed by atoms with Gasteiger partial charge in [0, 0.05) is 12.7 Å². The Hall–Kier alpha value is -1.39. The van der Waals surface area contributed by atoms with Crippen LogP contribution >= 0.6 is 22.9 Å². The standard InChI is InChI=1S/C14H13ClN2OS/c15-13-11(3-1-6-16-13)14(18)17-7-2-4-12(17)10-5-8-19-9-10/h1,3,5-6,8-9,12H,2,4,7H2. The number of likely N-dealkylation sites (tertiary alicyclic amines) is 1. The minimum Gasteiger partial charge on any atom is -0.331 e. The molecule has 1 aliphatic heterocycles. The maximum absolute atomic E-state index is 12.6. The van der Waals surface area contributed by atoms with E-state index in [-0.39, 0.29) is 17.1 Å². The second-order valence-electron chi connectivity index (χ2n) is 4.56. The molecule has 1 atom stereocenters. The first-order valence-corrected chi connectivity index (χ1v) is 7.53. The molecule has 3 heterocycles. The molecule has 0 aliphatic carbocycles. The maximum atomic E-state index is 12.6. The van der Waals surface area contributed by atoms with Gasteiger partial charge in [-0.2, -0.15) is 11.3 Å². The number of rotatable bonds is 2. The predicted molar refractivity (Wildman–Crippen MR) is 76.6 cm³/mol. The van der Waals surface area contributed by atoms with Crippen molar-refractivity contribution < 1.29 is 4.79 Å². The van der Waals surface area contributed by atoms with Crippen molar-refractivity contribution in [3.05, 3.63) is 51.4 Å². The number of hydrogen-bond acceptors (Lipinski definition) is 3. The highest BCUT2D eigenvalue weighted by atomic mass is 35.5. The third-order valence-corrected chi connectivity index (χ3v) is 4.43. The van der Waals surface area contributed by atoms with E-state index in [1.54, 1.807) is 29.7 Å². The SMILES string of the molecule is O=C(c1cccnc1Cl)N1CCCC1c1ccsc1. The molecule has 0 spiro atoms. The molecular formula is C14H13ClN2OS. The van der Waals surface area contributed by atoms with Crippen LogP contribution in [-0.4, -0.2) is 22.3 Å². The van der Waals surface area contributed by atoms with Crippen LogP contribution in [0.3, 0.4) is 0 Å². The summed E-state index contributed by atoms with van der Waals surface area (Å²) in [7, 11) is 0. The number of hydrogen-bond donors (Lipinski definition) is 0. The monoisotopic (exact) mass is 292 g/mol. The summed E-state index contributed by atoms with van der Waals surface area (Å²) < 4.78 is 0. The summed E-state index contributed by atoms with van der Waals surface area (Å²) in [6, 6.07) is 5.75. The van der Waals surface area contributed by atoms with E-state index in [1.807, 2.05) is 10.3 Å². The number of amides is 1. The van der Waals surface area contributed by atoms with Crippen LogP contribution < -0.4 is 0 Å². The van der Waals surface area contributed by atoms with E-state index >= 15 is 0 Å². The van der Waals surface area contributed by atoms with E-state index in [0.717, 1.165) is 19.4 Å². The van der Waals surface area contributed by atoms with Gasteiger partial charge < -0.3 is 4.90 Å². The molecule has 0 radical (unpaired) electrons. The number of thiophene rings is 1. The van der Waals surface area contributed by atoms with Crippen molar-refractivity contribution in [2.75, 3.05) is 6.54 Å². The van der Waals surface area contributed by atoms with Crippen molar-refractivity contribution in [1.82, 2.24) is 9.88 Å². The van der Waals surface area contributed by atoms with Crippen LogP contribution in [0.25, 0.3) is 0 Å². The zero-order chi connectivity index (χ0) is 13.2. The lowest BCUT2D eigenvalue weighted by Gasteiger charge is -2.24. The fourth-order valence-corrected chi connectivity index (χ4v) is 3.43. The van der Waals surface area contributed by atoms with Crippen LogP contribution in [0.5, 0.6) is 0 Å². The molecule has 5 heteroatoms. The number of aromatic nitrogens is 1. The number of carbonyl (C=O) groups excluding carboxylic acids is 1. The molecule has 2 aromatic heterocycles. The smallest absolute Gasteiger partial charge is 0.257 e. The first-order chi connectivity index (χ1) is 9.27. The zero-order valence-corrected chi connectivity index (χ0v) is 11.8. The van der Waals surface area contributed by atoms with Gasteiger partial charge in [0.2, 0.25) is 0 Å². The van der Waals surface area contributed by atoms with Crippen molar-refractivity contribution in [3.63, 3.8) is 0 Å². The van der Waals surface area contributed by atoms with Crippen LogP contribution in [0.4, 0.5) is 0 Å². The summed E-state index contributed by atoms with van der Waals surface area (Å²) in [5.74, 6) is -0.0215. The van der Waals surface area contributed by atoms with Crippen molar-refractivity contribution in [2.45, 2.75) is 18.9 Å². The van der Waals surface area contributed by atoms with Gasteiger partial charge in [0.15, 0.2) is 0 Å². The second-order valence-corrected chi connectivity index (χ2v) is 5.69. The third kappa shape index (κ3) is 2.38. The summed E-state index contributed by atoms with van der Waals surface area (Å²) in [5, 5.41) is 4.44. The minimum absolute atomic E-state index is 0.0215. The molecular weight excluding hydrogens is 280 g/mol. The molecule has 1 saturated heterocycles. The fraction of sp³-hybridized carbons (Fsp3) is 0.286. The van der Waals surface area contributed by atoms with Gasteiger partial charge in [-0.1, -0.05) is 11.6 Å². The summed E-state index contributed by atoms with van der Waals surface area (Å²) in [6.45, 7) is 0.782. The molecule has 3 nitrogen and oxygen atoms in total. The lowest BCUT2D eigenvalue weighted by atomic mass is 10.1. The van der Waals surface area contributed by atoms with Gasteiger partial charge in [-0.15, -0.1) is 0 Å². The van der Waals surface area contributed by atoms with E-state index < -0.39 is 0 Å². The summed E-state index contributed by atoms with van der Waals surface area (Å²) in [6.07, 6.45) is 3.64. The maximum Gasteiger partial charge on any atom is 0.257 e. The Bertz CT molecular complexity index is 585. The van der Waals surface area contributed by atoms with Crippen molar-refractivity contribution in [3.8, 4) is 0 Å². The van der Waals surface area contributed by atoms with E-state index in [9.17, 15) is 4.79 Å². The first kappa shape index (κ1) is 12.6. The summed E-state index contributed by atoms with van der Waals surface area (Å²) >= 11 is 7.68. The highest BCUT2D eigenvalue weighted by molar-refractivity contribution is 7.08. The predicted octanol–water partition coefficient (Wildman–Crippen LogP) is 3.77. The molecule has 3 rings (SSSR count). The Kier molecular flexibility index (Phi) is 3.53. The molecule has 1 aliphatic rings. The Morgan fingerprint density at radius 2 is 2.37 bits per heavy atom. The number of nitrogens with zero attached hydrogens (tertiary/aromatic N) is 2. The first-order valence-electron chi connectivity index (χ1n) is 6.21. The number of pyridine rings is 1. The highest BCUT2D eigenvalue weighted by Gasteiger charge is 2.31. The molecule has 19 heavy (non-hydrogen) atoms. The zero-order valence-electron chi connectivity index (χ0n) is 10.3. The Morgan fingerprint density at radius 1 is 1.47 bits per heavy atom. The highest BCUT2D eigenvalue weighted by Crippen LogP contribution is 2.34. The lowest BCUT2D eigenvalue weighted by molar-refractivity contribution is 0.0735. The third-order valence-electron chi connectivity index (χ3n) is 3.43. The molecule has 0 bridgehead atoms. The number of halogens is 1. The Morgan fingerprint density at radius 3 is 3.11 bits per heavy atom. The summed E-state index contributed by atoms with van der Waals surface area (Å²) in [4.78, 5) is 18.5. The summed E-state index contributed by atoms with van der Waals surface area (Å²) in [5.41, 5.74) is 1.71. The van der Waals surface area contributed by atoms with Gasteiger partial charge in [-0.3, -0.25) is 4.79 Å². The average molecular weight is 293 g/mol. The van der Waals surface area contributed by atoms with Crippen LogP contribution in [0, 0.1) is 0 Å². The van der Waals surface area contributed by atoms with Gasteiger partial charge in [-0.05, 0) is 47.4 Å². The van der Waals surface area contributed by atoms with E-state index in [4.69, 9.17) is 11.6 Å². The van der Waals surface area contributed by atoms with Gasteiger partial charge in [-0.25, -0.2) is 4.98 Å². The van der Waals surface area contributed by atoms with Crippen molar-refractivity contribution in [1.29, 1.82) is 0 Å². The van der Waals surface area contributed by atoms with Crippen LogP contribution in [0.1, 0.15) is 34.8 Å². The van der Waals surface area contributed by atoms with Crippen molar-refractivity contribution >= 4 is 28.8 Å². The molecule has 1 amide bonds. The molecule has 1 fully saturated rings. The van der Waals surface area contributed by atoms with E-state index in [2.05, 4.69) is 16.4 Å². The Labute approximate surface area is 120 Å². The Balaban J connectivity index is 1.89. The second kappa shape index (κ2) is 5.31. The van der Waals surface area contributed by atoms with Gasteiger partial charge >= 0.3 is 0 Å². The van der Waals surface area contributed by atoms with Crippen molar-refractivity contribution in [2.24, 2.45) is 0 Å². The van der Waals surface area contributed by atoms with Gasteiger partial charge in [0.1, 0.15) is 5.15 Å². The molecule has 2 aromatic rings. The van der Waals surface area contributed by atoms with E-state index in [1.165, 1.54) is 5.56 Å². The quantitative estimate of drug-likeness (QED) is 0.789. The topological polar surface area (TPSA) is 33.2 Å². The molecule has 0 N–H and O–H groups in total. The lowest BCUT2D eigenvalue weighted by Crippen LogP contribution is -2.30. The van der Waals surface area contributed by atoms with Gasteiger partial charge in [0.05, 0.1) is 11.6 Å². The van der Waals surface area contributed by atoms with Crippen LogP contribution in [0.15, 0.2) is 35.2 Å². The average Bonchev–Trinajstić information content (AvgIpc) is 3.09. The fourth-order valence-electron chi connectivity index (χ4n) is 2.52. The largest absolute Gasteiger partial charge is 0.331 e. The molecule has 0 aromatic carbocycles. The number of carbonyl (C=O) groups is 1. The van der Waals surface area contributed by atoms with Crippen LogP contribution in [-0.2, 0) is 0 Å². The van der Waals surface area contributed by atoms with E-state index in [0.29, 0.717) is 5.56 Å². The minimum atomic E-state index is -0.0215. The normalized spacial score (nSPS) is 18.8. The molecule has 1 unspecified atom stereocenters. The van der Waals surface area contributed by atoms with Gasteiger partial charge in [0.25, 0.3) is 5.91 Å². The van der Waals surface area contributed by atoms with Crippen LogP contribution in [0.2, 0.25) is 5.15 Å². The molecule has 0 saturated carbocycles. The molecule has 98 valence electrons.